The van der Waals surface area contributed by atoms with Crippen molar-refractivity contribution in [3.8, 4) is 0 Å². The highest BCUT2D eigenvalue weighted by atomic mass is 16.4. The van der Waals surface area contributed by atoms with E-state index < -0.39 is 11.9 Å². The second-order valence-corrected chi connectivity index (χ2v) is 4.66. The molecule has 0 aliphatic carbocycles. The average Bonchev–Trinajstić information content (AvgIpc) is 2.40. The molecular formula is C13H25N3O4. The summed E-state index contributed by atoms with van der Waals surface area (Å²) in [5.41, 5.74) is 0. The van der Waals surface area contributed by atoms with Gasteiger partial charge in [-0.25, -0.2) is 4.79 Å². The first-order valence-electron chi connectivity index (χ1n) is 6.98. The van der Waals surface area contributed by atoms with E-state index in [1.54, 1.807) is 6.92 Å². The summed E-state index contributed by atoms with van der Waals surface area (Å²) < 4.78 is 0. The van der Waals surface area contributed by atoms with Crippen LogP contribution in [0.3, 0.4) is 0 Å². The van der Waals surface area contributed by atoms with Crippen LogP contribution in [0.1, 0.15) is 39.5 Å². The third-order valence-electron chi connectivity index (χ3n) is 2.73. The van der Waals surface area contributed by atoms with Crippen molar-refractivity contribution in [2.24, 2.45) is 5.92 Å². The third-order valence-corrected chi connectivity index (χ3v) is 2.73. The van der Waals surface area contributed by atoms with Crippen LogP contribution in [0.15, 0.2) is 0 Å². The Kier molecular flexibility index (Phi) is 10.1. The summed E-state index contributed by atoms with van der Waals surface area (Å²) in [5.74, 6) is -1.31. The second-order valence-electron chi connectivity index (χ2n) is 4.66. The van der Waals surface area contributed by atoms with Crippen LogP contribution in [-0.2, 0) is 9.59 Å². The molecule has 3 amide bonds. The molecule has 0 rings (SSSR count). The van der Waals surface area contributed by atoms with E-state index in [0.29, 0.717) is 25.9 Å². The second kappa shape index (κ2) is 11.1. The quantitative estimate of drug-likeness (QED) is 0.444. The van der Waals surface area contributed by atoms with Crippen LogP contribution in [0.25, 0.3) is 0 Å². The lowest BCUT2D eigenvalue weighted by molar-refractivity contribution is -0.141. The zero-order chi connectivity index (χ0) is 15.4. The minimum absolute atomic E-state index is 0.0811. The summed E-state index contributed by atoms with van der Waals surface area (Å²) in [6, 6.07) is -0.337. The van der Waals surface area contributed by atoms with Gasteiger partial charge in [0.15, 0.2) is 0 Å². The molecule has 0 spiro atoms. The Morgan fingerprint density at radius 2 is 1.70 bits per heavy atom. The fraction of sp³-hybridized carbons (Fsp3) is 0.769. The van der Waals surface area contributed by atoms with E-state index in [9.17, 15) is 14.4 Å². The van der Waals surface area contributed by atoms with Crippen LogP contribution in [0.5, 0.6) is 0 Å². The fourth-order valence-electron chi connectivity index (χ4n) is 1.44. The Labute approximate surface area is 119 Å². The van der Waals surface area contributed by atoms with E-state index in [2.05, 4.69) is 16.0 Å². The molecule has 0 aliphatic rings. The van der Waals surface area contributed by atoms with Gasteiger partial charge in [-0.1, -0.05) is 13.8 Å². The molecule has 0 radical (unpaired) electrons. The van der Waals surface area contributed by atoms with Gasteiger partial charge in [0.05, 0.1) is 5.92 Å². The molecule has 0 aromatic heterocycles. The molecule has 1 atom stereocenters. The maximum Gasteiger partial charge on any atom is 0.314 e. The van der Waals surface area contributed by atoms with Gasteiger partial charge in [0.1, 0.15) is 0 Å². The molecule has 116 valence electrons. The van der Waals surface area contributed by atoms with E-state index in [0.717, 1.165) is 6.42 Å². The number of nitrogens with one attached hydrogen (secondary N) is 3. The molecule has 0 fully saturated rings. The van der Waals surface area contributed by atoms with Crippen LogP contribution in [-0.4, -0.2) is 42.6 Å². The maximum absolute atomic E-state index is 11.3. The highest BCUT2D eigenvalue weighted by Crippen LogP contribution is 2.03. The number of urea groups is 1. The van der Waals surface area contributed by atoms with Gasteiger partial charge in [-0.15, -0.1) is 0 Å². The maximum atomic E-state index is 11.3. The van der Waals surface area contributed by atoms with Gasteiger partial charge in [-0.05, 0) is 19.3 Å². The number of carbonyl (C=O) groups excluding carboxylic acids is 2. The average molecular weight is 287 g/mol. The first-order valence-corrected chi connectivity index (χ1v) is 6.98. The van der Waals surface area contributed by atoms with Crippen LogP contribution in [0.4, 0.5) is 4.79 Å². The number of hydrogen-bond acceptors (Lipinski definition) is 3. The van der Waals surface area contributed by atoms with E-state index in [1.807, 2.05) is 6.92 Å². The zero-order valence-electron chi connectivity index (χ0n) is 12.2. The molecule has 7 nitrogen and oxygen atoms in total. The number of hydrogen-bond donors (Lipinski definition) is 4. The number of rotatable bonds is 10. The largest absolute Gasteiger partial charge is 0.481 e. The van der Waals surface area contributed by atoms with Gasteiger partial charge in [0, 0.05) is 26.1 Å². The molecule has 0 heterocycles. The van der Waals surface area contributed by atoms with Crippen molar-refractivity contribution in [3.05, 3.63) is 0 Å². The number of carboxylic acid groups (broad SMARTS) is 1. The number of amides is 3. The summed E-state index contributed by atoms with van der Waals surface area (Å²) in [6.07, 6.45) is 2.27. The minimum atomic E-state index is -0.826. The molecule has 7 heteroatoms. The first kappa shape index (κ1) is 18.2. The van der Waals surface area contributed by atoms with Crippen molar-refractivity contribution in [3.63, 3.8) is 0 Å². The predicted octanol–water partition coefficient (Wildman–Crippen LogP) is 0.703. The van der Waals surface area contributed by atoms with Crippen LogP contribution in [0.2, 0.25) is 0 Å². The lowest BCUT2D eigenvalue weighted by atomic mass is 10.1. The van der Waals surface area contributed by atoms with Gasteiger partial charge >= 0.3 is 12.0 Å². The van der Waals surface area contributed by atoms with Crippen molar-refractivity contribution < 1.29 is 19.5 Å². The van der Waals surface area contributed by atoms with Gasteiger partial charge in [0.2, 0.25) is 5.91 Å². The standard InChI is InChI=1S/C13H25N3O4/c1-3-7-14-11(17)6-9-16-13(20)15-8-4-5-10(2)12(18)19/h10H,3-9H2,1-2H3,(H,14,17)(H,18,19)(H2,15,16,20). The SMILES string of the molecule is CCCNC(=O)CCNC(=O)NCCCC(C)C(=O)O. The summed E-state index contributed by atoms with van der Waals surface area (Å²) >= 11 is 0. The lowest BCUT2D eigenvalue weighted by Gasteiger charge is -2.09. The smallest absolute Gasteiger partial charge is 0.314 e. The molecule has 4 N–H and O–H groups in total. The topological polar surface area (TPSA) is 108 Å². The van der Waals surface area contributed by atoms with Crippen LogP contribution < -0.4 is 16.0 Å². The lowest BCUT2D eigenvalue weighted by Crippen LogP contribution is -2.38. The van der Waals surface area contributed by atoms with E-state index in [1.165, 1.54) is 0 Å². The molecule has 0 saturated carbocycles. The number of aliphatic carboxylic acids is 1. The Morgan fingerprint density at radius 3 is 2.30 bits per heavy atom. The van der Waals surface area contributed by atoms with Gasteiger partial charge in [-0.3, -0.25) is 9.59 Å². The molecule has 0 saturated heterocycles. The van der Waals surface area contributed by atoms with Crippen molar-refractivity contribution in [1.29, 1.82) is 0 Å². The highest BCUT2D eigenvalue weighted by molar-refractivity contribution is 5.78. The van der Waals surface area contributed by atoms with Crippen LogP contribution in [0, 0.1) is 5.92 Å². The third kappa shape index (κ3) is 10.2. The van der Waals surface area contributed by atoms with Crippen molar-refractivity contribution in [2.45, 2.75) is 39.5 Å². The van der Waals surface area contributed by atoms with E-state index >= 15 is 0 Å². The molecule has 0 aliphatic heterocycles. The van der Waals surface area contributed by atoms with Gasteiger partial charge in [-0.2, -0.15) is 0 Å². The van der Waals surface area contributed by atoms with Crippen molar-refractivity contribution in [2.75, 3.05) is 19.6 Å². The number of carbonyl (C=O) groups is 3. The Hall–Kier alpha value is -1.79. The van der Waals surface area contributed by atoms with E-state index in [-0.39, 0.29) is 24.9 Å². The summed E-state index contributed by atoms with van der Waals surface area (Å²) in [6.45, 7) is 4.96. The molecule has 0 bridgehead atoms. The molecule has 0 aromatic rings. The minimum Gasteiger partial charge on any atom is -0.481 e. The van der Waals surface area contributed by atoms with Gasteiger partial charge in [0.25, 0.3) is 0 Å². The monoisotopic (exact) mass is 287 g/mol. The van der Waals surface area contributed by atoms with Gasteiger partial charge < -0.3 is 21.1 Å². The first-order chi connectivity index (χ1) is 9.47. The zero-order valence-corrected chi connectivity index (χ0v) is 12.2. The summed E-state index contributed by atoms with van der Waals surface area (Å²) in [7, 11) is 0. The number of carboxylic acids is 1. The summed E-state index contributed by atoms with van der Waals surface area (Å²) in [4.78, 5) is 33.2. The Morgan fingerprint density at radius 1 is 1.05 bits per heavy atom. The summed E-state index contributed by atoms with van der Waals surface area (Å²) in [5, 5.41) is 16.6. The van der Waals surface area contributed by atoms with E-state index in [4.69, 9.17) is 5.11 Å². The molecule has 20 heavy (non-hydrogen) atoms. The Bertz CT molecular complexity index is 321. The van der Waals surface area contributed by atoms with Crippen LogP contribution >= 0.6 is 0 Å². The highest BCUT2D eigenvalue weighted by Gasteiger charge is 2.10. The normalized spacial score (nSPS) is 11.5. The molecular weight excluding hydrogens is 262 g/mol. The van der Waals surface area contributed by atoms with Crippen molar-refractivity contribution >= 4 is 17.9 Å². The van der Waals surface area contributed by atoms with Crippen molar-refractivity contribution in [1.82, 2.24) is 16.0 Å². The molecule has 1 unspecified atom stereocenters. The Balaban J connectivity index is 3.50. The fourth-order valence-corrected chi connectivity index (χ4v) is 1.44. The molecule has 0 aromatic carbocycles. The predicted molar refractivity (Wildman–Crippen MR) is 75.4 cm³/mol.